The molecular formula is C14H22N4O4. The quantitative estimate of drug-likeness (QED) is 0.661. The van der Waals surface area contributed by atoms with E-state index in [-0.39, 0.29) is 48.6 Å². The largest absolute Gasteiger partial charge is 0.342 e. The molecule has 2 unspecified atom stereocenters. The van der Waals surface area contributed by atoms with Gasteiger partial charge in [-0.15, -0.1) is 0 Å². The lowest BCUT2D eigenvalue weighted by atomic mass is 10.1. The Hall–Kier alpha value is -2.12. The maximum Gasteiger partial charge on any atom is 0.240 e. The van der Waals surface area contributed by atoms with Gasteiger partial charge in [0.15, 0.2) is 0 Å². The summed E-state index contributed by atoms with van der Waals surface area (Å²) in [5.41, 5.74) is 4.73. The van der Waals surface area contributed by atoms with E-state index in [9.17, 15) is 19.2 Å². The summed E-state index contributed by atoms with van der Waals surface area (Å²) in [6.07, 6.45) is 2.58. The third-order valence-corrected chi connectivity index (χ3v) is 4.45. The average Bonchev–Trinajstić information content (AvgIpc) is 2.96. The van der Waals surface area contributed by atoms with E-state index in [4.69, 9.17) is 0 Å². The fraction of sp³-hybridized carbons (Fsp3) is 0.714. The zero-order chi connectivity index (χ0) is 16.3. The van der Waals surface area contributed by atoms with Crippen LogP contribution in [-0.2, 0) is 19.2 Å². The zero-order valence-electron chi connectivity index (χ0n) is 12.9. The number of hydrogen-bond acceptors (Lipinski definition) is 4. The van der Waals surface area contributed by atoms with Crippen molar-refractivity contribution in [1.82, 2.24) is 20.7 Å². The topological polar surface area (TPSA) is 98.8 Å². The summed E-state index contributed by atoms with van der Waals surface area (Å²) >= 11 is 0. The second-order valence-electron chi connectivity index (χ2n) is 5.90. The van der Waals surface area contributed by atoms with Crippen LogP contribution in [0.25, 0.3) is 0 Å². The molecule has 0 aliphatic carbocycles. The van der Waals surface area contributed by atoms with E-state index in [1.54, 1.807) is 23.9 Å². The highest BCUT2D eigenvalue weighted by molar-refractivity contribution is 5.85. The predicted molar refractivity (Wildman–Crippen MR) is 77.1 cm³/mol. The molecule has 2 aliphatic heterocycles. The molecule has 0 saturated carbocycles. The predicted octanol–water partition coefficient (Wildman–Crippen LogP) is -0.844. The maximum absolute atomic E-state index is 11.8. The van der Waals surface area contributed by atoms with Crippen molar-refractivity contribution in [1.29, 1.82) is 0 Å². The highest BCUT2D eigenvalue weighted by Crippen LogP contribution is 2.19. The van der Waals surface area contributed by atoms with Crippen molar-refractivity contribution in [3.05, 3.63) is 0 Å². The van der Waals surface area contributed by atoms with E-state index in [2.05, 4.69) is 10.9 Å². The molecule has 0 aromatic carbocycles. The number of amides is 4. The number of likely N-dealkylation sites (tertiary alicyclic amines) is 2. The van der Waals surface area contributed by atoms with Crippen LogP contribution in [-0.4, -0.2) is 59.6 Å². The molecule has 122 valence electrons. The van der Waals surface area contributed by atoms with Crippen LogP contribution in [0, 0.1) is 0 Å². The van der Waals surface area contributed by atoms with E-state index >= 15 is 0 Å². The van der Waals surface area contributed by atoms with Crippen molar-refractivity contribution in [2.45, 2.75) is 50.6 Å². The Balaban J connectivity index is 1.69. The minimum absolute atomic E-state index is 0.0378. The van der Waals surface area contributed by atoms with Crippen LogP contribution in [0.2, 0.25) is 0 Å². The Morgan fingerprint density at radius 1 is 0.909 bits per heavy atom. The van der Waals surface area contributed by atoms with Gasteiger partial charge in [-0.25, -0.2) is 0 Å². The molecule has 4 amide bonds. The first-order valence-electron chi connectivity index (χ1n) is 7.47. The number of hydrazine groups is 1. The van der Waals surface area contributed by atoms with Gasteiger partial charge in [0.2, 0.25) is 23.6 Å². The Labute approximate surface area is 129 Å². The fourth-order valence-electron chi connectivity index (χ4n) is 2.87. The van der Waals surface area contributed by atoms with E-state index in [1.165, 1.54) is 0 Å². The Morgan fingerprint density at radius 3 is 1.55 bits per heavy atom. The summed E-state index contributed by atoms with van der Waals surface area (Å²) in [5, 5.41) is 0. The van der Waals surface area contributed by atoms with Crippen molar-refractivity contribution < 1.29 is 19.2 Å². The van der Waals surface area contributed by atoms with Gasteiger partial charge >= 0.3 is 0 Å². The van der Waals surface area contributed by atoms with Gasteiger partial charge in [-0.05, 0) is 12.8 Å². The summed E-state index contributed by atoms with van der Waals surface area (Å²) in [5.74, 6) is -0.571. The van der Waals surface area contributed by atoms with E-state index in [1.807, 2.05) is 0 Å². The average molecular weight is 310 g/mol. The van der Waals surface area contributed by atoms with Crippen LogP contribution in [0.4, 0.5) is 0 Å². The van der Waals surface area contributed by atoms with Gasteiger partial charge in [-0.3, -0.25) is 30.0 Å². The van der Waals surface area contributed by atoms with Crippen LogP contribution in [0.15, 0.2) is 0 Å². The van der Waals surface area contributed by atoms with Gasteiger partial charge in [0.25, 0.3) is 0 Å². The minimum atomic E-state index is -0.323. The number of carbonyl (C=O) groups is 4. The smallest absolute Gasteiger partial charge is 0.240 e. The summed E-state index contributed by atoms with van der Waals surface area (Å²) in [4.78, 5) is 49.5. The lowest BCUT2D eigenvalue weighted by molar-refractivity contribution is -0.132. The number of carbonyl (C=O) groups excluding carboxylic acids is 4. The first-order chi connectivity index (χ1) is 10.4. The van der Waals surface area contributed by atoms with Crippen LogP contribution >= 0.6 is 0 Å². The van der Waals surface area contributed by atoms with Crippen molar-refractivity contribution in [3.63, 3.8) is 0 Å². The SMILES string of the molecule is CN1C(=O)CCC1CC(=O)NNC(=O)CC1CCC(=O)N1C. The van der Waals surface area contributed by atoms with Gasteiger partial charge < -0.3 is 9.80 Å². The van der Waals surface area contributed by atoms with Crippen molar-refractivity contribution in [2.75, 3.05) is 14.1 Å². The van der Waals surface area contributed by atoms with Gasteiger partial charge in [-0.1, -0.05) is 0 Å². The van der Waals surface area contributed by atoms with Crippen LogP contribution in [0.5, 0.6) is 0 Å². The monoisotopic (exact) mass is 310 g/mol. The Morgan fingerprint density at radius 2 is 1.27 bits per heavy atom. The number of rotatable bonds is 4. The molecule has 8 heteroatoms. The molecule has 22 heavy (non-hydrogen) atoms. The van der Waals surface area contributed by atoms with Gasteiger partial charge in [0.05, 0.1) is 0 Å². The second-order valence-corrected chi connectivity index (χ2v) is 5.90. The molecule has 0 spiro atoms. The van der Waals surface area contributed by atoms with Crippen LogP contribution in [0.1, 0.15) is 38.5 Å². The highest BCUT2D eigenvalue weighted by atomic mass is 16.2. The van der Waals surface area contributed by atoms with Crippen molar-refractivity contribution >= 4 is 23.6 Å². The third-order valence-electron chi connectivity index (χ3n) is 4.45. The summed E-state index contributed by atoms with van der Waals surface area (Å²) < 4.78 is 0. The molecule has 0 aromatic heterocycles. The minimum Gasteiger partial charge on any atom is -0.342 e. The lowest BCUT2D eigenvalue weighted by Gasteiger charge is -2.20. The molecule has 2 rings (SSSR count). The molecular weight excluding hydrogens is 288 g/mol. The molecule has 8 nitrogen and oxygen atoms in total. The van der Waals surface area contributed by atoms with Crippen molar-refractivity contribution in [2.24, 2.45) is 0 Å². The summed E-state index contributed by atoms with van der Waals surface area (Å²) in [6.45, 7) is 0. The molecule has 2 N–H and O–H groups in total. The number of nitrogens with one attached hydrogen (secondary N) is 2. The molecule has 2 atom stereocenters. The van der Waals surface area contributed by atoms with Crippen molar-refractivity contribution in [3.8, 4) is 0 Å². The number of hydrogen-bond donors (Lipinski definition) is 2. The second kappa shape index (κ2) is 6.76. The molecule has 2 aliphatic rings. The van der Waals surface area contributed by atoms with Gasteiger partial charge in [0.1, 0.15) is 0 Å². The lowest BCUT2D eigenvalue weighted by Crippen LogP contribution is -2.45. The van der Waals surface area contributed by atoms with E-state index in [0.29, 0.717) is 25.7 Å². The third kappa shape index (κ3) is 3.75. The van der Waals surface area contributed by atoms with Gasteiger partial charge in [0, 0.05) is 51.9 Å². The molecule has 0 bridgehead atoms. The molecule has 2 heterocycles. The molecule has 2 saturated heterocycles. The summed E-state index contributed by atoms with van der Waals surface area (Å²) in [6, 6.07) is -0.217. The zero-order valence-corrected chi connectivity index (χ0v) is 12.9. The normalized spacial score (nSPS) is 24.8. The maximum atomic E-state index is 11.8. The van der Waals surface area contributed by atoms with Gasteiger partial charge in [-0.2, -0.15) is 0 Å². The van der Waals surface area contributed by atoms with E-state index in [0.717, 1.165) is 0 Å². The molecule has 2 fully saturated rings. The Bertz CT molecular complexity index is 449. The van der Waals surface area contributed by atoms with E-state index < -0.39 is 0 Å². The standard InChI is InChI=1S/C14H22N4O4/c1-17-9(3-5-13(17)21)7-11(19)15-16-12(20)8-10-4-6-14(22)18(10)2/h9-10H,3-8H2,1-2H3,(H,15,19)(H,16,20). The molecule has 0 aromatic rings. The first kappa shape index (κ1) is 16.3. The first-order valence-corrected chi connectivity index (χ1v) is 7.47. The molecule has 0 radical (unpaired) electrons. The highest BCUT2D eigenvalue weighted by Gasteiger charge is 2.30. The van der Waals surface area contributed by atoms with Crippen LogP contribution in [0.3, 0.4) is 0 Å². The van der Waals surface area contributed by atoms with Crippen LogP contribution < -0.4 is 10.9 Å². The Kier molecular flexibility index (Phi) is 4.99. The summed E-state index contributed by atoms with van der Waals surface area (Å²) in [7, 11) is 3.36. The number of nitrogens with zero attached hydrogens (tertiary/aromatic N) is 2. The fourth-order valence-corrected chi connectivity index (χ4v) is 2.87.